The number of nitrogens with one attached hydrogen (secondary N) is 1. The Morgan fingerprint density at radius 2 is 2.29 bits per heavy atom. The molecule has 1 heterocycles. The summed E-state index contributed by atoms with van der Waals surface area (Å²) in [6, 6.07) is 5.83. The molecule has 0 radical (unpaired) electrons. The lowest BCUT2D eigenvalue weighted by Crippen LogP contribution is -2.18. The van der Waals surface area contributed by atoms with Gasteiger partial charge in [0.25, 0.3) is 0 Å². The molecule has 0 atom stereocenters. The molecular weight excluding hydrogens is 234 g/mol. The topological polar surface area (TPSA) is 38.3 Å². The Morgan fingerprint density at radius 1 is 1.41 bits per heavy atom. The molecule has 2 rings (SSSR count). The molecule has 0 saturated heterocycles. The maximum atomic E-state index is 11.2. The highest BCUT2D eigenvalue weighted by Crippen LogP contribution is 2.34. The number of carbonyl (C=O) groups is 1. The Labute approximate surface area is 106 Å². The normalized spacial score (nSPS) is 14.1. The van der Waals surface area contributed by atoms with Crippen LogP contribution in [0.2, 0.25) is 0 Å². The van der Waals surface area contributed by atoms with Crippen molar-refractivity contribution in [2.45, 2.75) is 31.1 Å². The molecule has 17 heavy (non-hydrogen) atoms. The molecule has 3 nitrogen and oxygen atoms in total. The smallest absolute Gasteiger partial charge is 0.234 e. The summed E-state index contributed by atoms with van der Waals surface area (Å²) >= 11 is 1.56. The minimum absolute atomic E-state index is 0.0686. The van der Waals surface area contributed by atoms with Crippen molar-refractivity contribution in [3.05, 3.63) is 18.2 Å². The Hall–Kier alpha value is -1.16. The van der Waals surface area contributed by atoms with E-state index in [1.807, 2.05) is 18.2 Å². The number of anilines is 1. The van der Waals surface area contributed by atoms with E-state index in [0.717, 1.165) is 29.4 Å². The summed E-state index contributed by atoms with van der Waals surface area (Å²) in [5, 5.41) is 2.85. The first-order chi connectivity index (χ1) is 8.29. The molecule has 1 N–H and O–H groups in total. The van der Waals surface area contributed by atoms with E-state index in [1.165, 1.54) is 12.8 Å². The predicted octanol–water partition coefficient (Wildman–Crippen LogP) is 3.30. The van der Waals surface area contributed by atoms with Crippen LogP contribution in [0.25, 0.3) is 0 Å². The van der Waals surface area contributed by atoms with Crippen LogP contribution in [0.15, 0.2) is 23.1 Å². The lowest BCUT2D eigenvalue weighted by molar-refractivity contribution is -0.113. The van der Waals surface area contributed by atoms with E-state index in [2.05, 4.69) is 12.2 Å². The standard InChI is InChI=1S/C13H17NO2S/c1-2-3-4-7-16-10-5-6-11-12(8-10)17-9-13(15)14-11/h5-6,8H,2-4,7,9H2,1H3,(H,14,15). The van der Waals surface area contributed by atoms with Crippen molar-refractivity contribution in [1.29, 1.82) is 0 Å². The number of benzene rings is 1. The Bertz CT molecular complexity index is 406. The molecule has 1 amide bonds. The summed E-state index contributed by atoms with van der Waals surface area (Å²) in [7, 11) is 0. The van der Waals surface area contributed by atoms with E-state index in [9.17, 15) is 4.79 Å². The van der Waals surface area contributed by atoms with Crippen LogP contribution in [0.1, 0.15) is 26.2 Å². The van der Waals surface area contributed by atoms with Gasteiger partial charge in [-0.2, -0.15) is 0 Å². The van der Waals surface area contributed by atoms with E-state index in [4.69, 9.17) is 4.74 Å². The molecule has 4 heteroatoms. The van der Waals surface area contributed by atoms with Crippen molar-refractivity contribution >= 4 is 23.4 Å². The van der Waals surface area contributed by atoms with Gasteiger partial charge in [0, 0.05) is 4.90 Å². The van der Waals surface area contributed by atoms with Gasteiger partial charge < -0.3 is 10.1 Å². The van der Waals surface area contributed by atoms with Gasteiger partial charge in [-0.05, 0) is 24.6 Å². The monoisotopic (exact) mass is 251 g/mol. The molecule has 0 aromatic heterocycles. The Kier molecular flexibility index (Phi) is 4.31. The van der Waals surface area contributed by atoms with Gasteiger partial charge in [0.15, 0.2) is 0 Å². The largest absolute Gasteiger partial charge is 0.494 e. The highest BCUT2D eigenvalue weighted by molar-refractivity contribution is 8.00. The van der Waals surface area contributed by atoms with Gasteiger partial charge in [-0.25, -0.2) is 0 Å². The fourth-order valence-electron chi connectivity index (χ4n) is 1.69. The molecule has 0 saturated carbocycles. The maximum Gasteiger partial charge on any atom is 0.234 e. The summed E-state index contributed by atoms with van der Waals surface area (Å²) in [6.45, 7) is 2.95. The van der Waals surface area contributed by atoms with Crippen LogP contribution in [-0.4, -0.2) is 18.3 Å². The highest BCUT2D eigenvalue weighted by atomic mass is 32.2. The first-order valence-electron chi connectivity index (χ1n) is 5.99. The van der Waals surface area contributed by atoms with E-state index < -0.39 is 0 Å². The van der Waals surface area contributed by atoms with Crippen molar-refractivity contribution < 1.29 is 9.53 Å². The fourth-order valence-corrected chi connectivity index (χ4v) is 2.52. The zero-order valence-corrected chi connectivity index (χ0v) is 10.8. The minimum Gasteiger partial charge on any atom is -0.494 e. The van der Waals surface area contributed by atoms with Crippen LogP contribution in [0.3, 0.4) is 0 Å². The van der Waals surface area contributed by atoms with Crippen LogP contribution in [0.4, 0.5) is 5.69 Å². The molecular formula is C13H17NO2S. The number of thioether (sulfide) groups is 1. The molecule has 0 bridgehead atoms. The zero-order valence-electron chi connectivity index (χ0n) is 9.99. The number of unbranched alkanes of at least 4 members (excludes halogenated alkanes) is 2. The predicted molar refractivity (Wildman–Crippen MR) is 70.8 cm³/mol. The molecule has 0 spiro atoms. The molecule has 1 aromatic carbocycles. The van der Waals surface area contributed by atoms with Crippen LogP contribution in [0.5, 0.6) is 5.75 Å². The number of amides is 1. The van der Waals surface area contributed by atoms with Gasteiger partial charge in [-0.15, -0.1) is 11.8 Å². The SMILES string of the molecule is CCCCCOc1ccc2c(c1)SCC(=O)N2. The molecule has 1 aliphatic heterocycles. The second-order valence-corrected chi connectivity index (χ2v) is 5.07. The van der Waals surface area contributed by atoms with Crippen molar-refractivity contribution in [3.8, 4) is 5.75 Å². The first kappa shape index (κ1) is 12.3. The van der Waals surface area contributed by atoms with E-state index >= 15 is 0 Å². The van der Waals surface area contributed by atoms with Crippen LogP contribution in [-0.2, 0) is 4.79 Å². The summed E-state index contributed by atoms with van der Waals surface area (Å²) in [5.74, 6) is 1.45. The van der Waals surface area contributed by atoms with Crippen molar-refractivity contribution in [2.24, 2.45) is 0 Å². The van der Waals surface area contributed by atoms with Crippen molar-refractivity contribution in [3.63, 3.8) is 0 Å². The number of fused-ring (bicyclic) bond motifs is 1. The molecule has 0 unspecified atom stereocenters. The number of rotatable bonds is 5. The van der Waals surface area contributed by atoms with Gasteiger partial charge in [0.05, 0.1) is 18.0 Å². The number of hydrogen-bond donors (Lipinski definition) is 1. The van der Waals surface area contributed by atoms with Crippen molar-refractivity contribution in [1.82, 2.24) is 0 Å². The summed E-state index contributed by atoms with van der Waals surface area (Å²) in [6.07, 6.45) is 3.50. The fraction of sp³-hybridized carbons (Fsp3) is 0.462. The summed E-state index contributed by atoms with van der Waals surface area (Å²) < 4.78 is 5.67. The Balaban J connectivity index is 1.94. The van der Waals surface area contributed by atoms with Crippen LogP contribution >= 0.6 is 11.8 Å². The van der Waals surface area contributed by atoms with E-state index in [1.54, 1.807) is 11.8 Å². The number of hydrogen-bond acceptors (Lipinski definition) is 3. The van der Waals surface area contributed by atoms with Crippen LogP contribution in [0, 0.1) is 0 Å². The summed E-state index contributed by atoms with van der Waals surface area (Å²) in [4.78, 5) is 12.3. The molecule has 1 aliphatic rings. The quantitative estimate of drug-likeness (QED) is 0.816. The number of ether oxygens (including phenoxy) is 1. The molecule has 92 valence electrons. The third-order valence-electron chi connectivity index (χ3n) is 2.60. The molecule has 0 aliphatic carbocycles. The second kappa shape index (κ2) is 5.96. The summed E-state index contributed by atoms with van der Waals surface area (Å²) in [5.41, 5.74) is 0.896. The molecule has 1 aromatic rings. The number of carbonyl (C=O) groups excluding carboxylic acids is 1. The minimum atomic E-state index is 0.0686. The third-order valence-corrected chi connectivity index (χ3v) is 3.66. The highest BCUT2D eigenvalue weighted by Gasteiger charge is 2.15. The second-order valence-electron chi connectivity index (χ2n) is 4.05. The van der Waals surface area contributed by atoms with E-state index in [-0.39, 0.29) is 5.91 Å². The lowest BCUT2D eigenvalue weighted by atomic mass is 10.2. The lowest BCUT2D eigenvalue weighted by Gasteiger charge is -2.17. The average molecular weight is 251 g/mol. The average Bonchev–Trinajstić information content (AvgIpc) is 2.35. The van der Waals surface area contributed by atoms with Gasteiger partial charge in [-0.1, -0.05) is 19.8 Å². The van der Waals surface area contributed by atoms with Gasteiger partial charge in [-0.3, -0.25) is 4.79 Å². The first-order valence-corrected chi connectivity index (χ1v) is 6.97. The van der Waals surface area contributed by atoms with Crippen LogP contribution < -0.4 is 10.1 Å². The maximum absolute atomic E-state index is 11.2. The molecule has 0 fully saturated rings. The van der Waals surface area contributed by atoms with Gasteiger partial charge in [0.1, 0.15) is 5.75 Å². The zero-order chi connectivity index (χ0) is 12.1. The van der Waals surface area contributed by atoms with Crippen molar-refractivity contribution in [2.75, 3.05) is 17.7 Å². The van der Waals surface area contributed by atoms with Gasteiger partial charge >= 0.3 is 0 Å². The van der Waals surface area contributed by atoms with Gasteiger partial charge in [0.2, 0.25) is 5.91 Å². The van der Waals surface area contributed by atoms with E-state index in [0.29, 0.717) is 5.75 Å². The Morgan fingerprint density at radius 3 is 3.12 bits per heavy atom. The third kappa shape index (κ3) is 3.40.